The van der Waals surface area contributed by atoms with E-state index < -0.39 is 132 Å². The van der Waals surface area contributed by atoms with Crippen LogP contribution in [0.1, 0.15) is 101 Å². The molecular weight excluding hydrogens is 1010 g/mol. The van der Waals surface area contributed by atoms with E-state index in [4.69, 9.17) is 33.2 Å². The van der Waals surface area contributed by atoms with Crippen LogP contribution in [0.2, 0.25) is 0 Å². The van der Waals surface area contributed by atoms with Crippen molar-refractivity contribution >= 4 is 17.7 Å². The zero-order valence-corrected chi connectivity index (χ0v) is 46.1. The average Bonchev–Trinajstić information content (AvgIpc) is 3.96. The van der Waals surface area contributed by atoms with E-state index in [0.29, 0.717) is 37.3 Å². The van der Waals surface area contributed by atoms with Crippen LogP contribution in [0.5, 0.6) is 5.75 Å². The summed E-state index contributed by atoms with van der Waals surface area (Å²) < 4.78 is 87.1. The number of rotatable bonds is 14. The second-order valence-electron chi connectivity index (χ2n) is 22.5. The molecule has 4 saturated heterocycles. The van der Waals surface area contributed by atoms with Gasteiger partial charge >= 0.3 is 18.4 Å². The minimum Gasteiger partial charge on any atom is -0.459 e. The highest BCUT2D eigenvalue weighted by Crippen LogP contribution is 2.41. The molecule has 1 aromatic heterocycles. The molecule has 6 rings (SSSR count). The summed E-state index contributed by atoms with van der Waals surface area (Å²) >= 11 is 0. The van der Waals surface area contributed by atoms with Crippen molar-refractivity contribution in [2.75, 3.05) is 45.7 Å². The first-order chi connectivity index (χ1) is 35.4. The maximum Gasteiger partial charge on any atom is 0.573 e. The van der Waals surface area contributed by atoms with Crippen LogP contribution in [0.25, 0.3) is 0 Å². The number of ether oxygens (including phenoxy) is 8. The molecule has 2 aromatic rings. The Kier molecular flexibility index (Phi) is 20.0. The standard InChI is InChI=1S/C52H83F3N6O15/c1-14-39-51(10,68)43(63)32(6)59(12)24-28(2)22-49(8,67)45(30(4)42(31(5)46(65)73-39)74-40-23-50(9,69-13)44(64)33(7)71-40)75-47-41(62)38(21-29(3)70-47)58(11)20-19-34-25-60(57-56-34)26-37-27-61(48(66)72-37)35-15-17-36(18-16-35)76-52(53,54)55/h15-18,25,28-33,37-45,47,62-64,67-68H,14,19-24,26-27H2,1-13H3/t28-,29-,30+,31-,32-,33+,37+,38+,39-,40+,41-,42+,43-,44+,45-,47+,49-,50-,51-/m1/s1. The van der Waals surface area contributed by atoms with E-state index in [2.05, 4.69) is 15.0 Å². The maximum atomic E-state index is 14.5. The number of halogens is 3. The molecule has 4 aliphatic heterocycles. The average molecular weight is 1090 g/mol. The molecule has 21 nitrogen and oxygen atoms in total. The minimum atomic E-state index is -4.85. The van der Waals surface area contributed by atoms with Gasteiger partial charge in [0, 0.05) is 62.9 Å². The first-order valence-electron chi connectivity index (χ1n) is 26.4. The quantitative estimate of drug-likeness (QED) is 0.168. The van der Waals surface area contributed by atoms with Gasteiger partial charge in [0.25, 0.3) is 0 Å². The number of aliphatic hydroxyl groups excluding tert-OH is 3. The van der Waals surface area contributed by atoms with E-state index in [1.807, 2.05) is 37.7 Å². The van der Waals surface area contributed by atoms with Crippen molar-refractivity contribution in [3.05, 3.63) is 36.2 Å². The number of carbonyl (C=O) groups is 2. The number of nitrogens with zero attached hydrogens (tertiary/aromatic N) is 6. The third kappa shape index (κ3) is 14.5. The number of aliphatic hydroxyl groups is 5. The Morgan fingerprint density at radius 1 is 0.921 bits per heavy atom. The van der Waals surface area contributed by atoms with E-state index in [1.54, 1.807) is 59.3 Å². The molecule has 1 amide bonds. The number of alkyl halides is 3. The number of methoxy groups -OCH3 is 1. The summed E-state index contributed by atoms with van der Waals surface area (Å²) in [5, 5.41) is 68.2. The van der Waals surface area contributed by atoms with Crippen LogP contribution in [0, 0.1) is 17.8 Å². The Bertz CT molecular complexity index is 2210. The molecule has 0 bridgehead atoms. The van der Waals surface area contributed by atoms with Gasteiger partial charge in [0.05, 0.1) is 60.3 Å². The van der Waals surface area contributed by atoms with E-state index in [9.17, 15) is 48.3 Å². The summed E-state index contributed by atoms with van der Waals surface area (Å²) in [7, 11) is 5.15. The smallest absolute Gasteiger partial charge is 0.459 e. The van der Waals surface area contributed by atoms with Gasteiger partial charge in [0.2, 0.25) is 0 Å². The van der Waals surface area contributed by atoms with Crippen LogP contribution >= 0.6 is 0 Å². The molecule has 5 N–H and O–H groups in total. The number of aromatic nitrogens is 3. The summed E-state index contributed by atoms with van der Waals surface area (Å²) in [5.74, 6) is -3.38. The van der Waals surface area contributed by atoms with Crippen LogP contribution in [0.15, 0.2) is 30.5 Å². The highest BCUT2D eigenvalue weighted by atomic mass is 19.4. The molecule has 24 heteroatoms. The van der Waals surface area contributed by atoms with Crippen LogP contribution in [0.3, 0.4) is 0 Å². The second-order valence-corrected chi connectivity index (χ2v) is 22.5. The zero-order valence-electron chi connectivity index (χ0n) is 46.1. The Labute approximate surface area is 443 Å². The van der Waals surface area contributed by atoms with Gasteiger partial charge in [0.1, 0.15) is 41.9 Å². The van der Waals surface area contributed by atoms with Crippen molar-refractivity contribution in [1.82, 2.24) is 24.8 Å². The number of anilines is 1. The van der Waals surface area contributed by atoms with Crippen LogP contribution in [0.4, 0.5) is 23.7 Å². The summed E-state index contributed by atoms with van der Waals surface area (Å²) in [6, 6.07) is 3.78. The van der Waals surface area contributed by atoms with Gasteiger partial charge in [-0.2, -0.15) is 0 Å². The molecule has 0 saturated carbocycles. The summed E-state index contributed by atoms with van der Waals surface area (Å²) in [4.78, 5) is 32.4. The largest absolute Gasteiger partial charge is 0.573 e. The molecule has 76 heavy (non-hydrogen) atoms. The number of likely N-dealkylation sites (N-methyl/N-ethyl adjacent to an activating group) is 2. The van der Waals surface area contributed by atoms with Crippen molar-refractivity contribution in [1.29, 1.82) is 0 Å². The lowest BCUT2D eigenvalue weighted by Gasteiger charge is -2.49. The molecule has 1 aromatic carbocycles. The topological polar surface area (TPSA) is 250 Å². The molecule has 0 spiro atoms. The molecular formula is C52H83F3N6O15. The number of benzene rings is 1. The fourth-order valence-corrected chi connectivity index (χ4v) is 11.5. The van der Waals surface area contributed by atoms with Crippen molar-refractivity contribution in [2.45, 2.75) is 211 Å². The third-order valence-electron chi connectivity index (χ3n) is 16.1. The molecule has 4 fully saturated rings. The first kappa shape index (κ1) is 61.4. The number of hydrogen-bond donors (Lipinski definition) is 5. The normalized spacial score (nSPS) is 39.8. The molecule has 0 radical (unpaired) electrons. The summed E-state index contributed by atoms with van der Waals surface area (Å²) in [6.07, 6.45) is -13.8. The van der Waals surface area contributed by atoms with Gasteiger partial charge in [-0.05, 0) is 112 Å². The number of cyclic esters (lactones) is 2. The van der Waals surface area contributed by atoms with Crippen LogP contribution < -0.4 is 9.64 Å². The first-order valence-corrected chi connectivity index (χ1v) is 26.4. The van der Waals surface area contributed by atoms with Gasteiger partial charge in [0.15, 0.2) is 12.6 Å². The molecule has 432 valence electrons. The maximum absolute atomic E-state index is 14.5. The Balaban J connectivity index is 1.21. The highest BCUT2D eigenvalue weighted by molar-refractivity contribution is 5.89. The van der Waals surface area contributed by atoms with E-state index in [1.165, 1.54) is 31.1 Å². The molecule has 0 aliphatic carbocycles. The fourth-order valence-electron chi connectivity index (χ4n) is 11.5. The number of hydrogen-bond acceptors (Lipinski definition) is 19. The lowest BCUT2D eigenvalue weighted by Crippen LogP contribution is -2.61. The number of carbonyl (C=O) groups excluding carboxylic acids is 2. The van der Waals surface area contributed by atoms with Crippen molar-refractivity contribution in [3.63, 3.8) is 0 Å². The lowest BCUT2D eigenvalue weighted by molar-refractivity contribution is -0.318. The molecule has 19 atom stereocenters. The van der Waals surface area contributed by atoms with Gasteiger partial charge in [-0.1, -0.05) is 26.0 Å². The summed E-state index contributed by atoms with van der Waals surface area (Å²) in [5.41, 5.74) is -3.70. The van der Waals surface area contributed by atoms with E-state index in [0.717, 1.165) is 12.1 Å². The Morgan fingerprint density at radius 3 is 2.22 bits per heavy atom. The van der Waals surface area contributed by atoms with E-state index in [-0.39, 0.29) is 38.3 Å². The predicted octanol–water partition coefficient (Wildman–Crippen LogP) is 4.03. The van der Waals surface area contributed by atoms with Crippen molar-refractivity contribution in [2.24, 2.45) is 17.8 Å². The summed E-state index contributed by atoms with van der Waals surface area (Å²) in [6.45, 7) is 18.3. The third-order valence-corrected chi connectivity index (χ3v) is 16.1. The van der Waals surface area contributed by atoms with Crippen molar-refractivity contribution < 1.29 is 86.2 Å². The monoisotopic (exact) mass is 1090 g/mol. The van der Waals surface area contributed by atoms with E-state index >= 15 is 0 Å². The van der Waals surface area contributed by atoms with Crippen LogP contribution in [-0.2, 0) is 50.9 Å². The van der Waals surface area contributed by atoms with Crippen molar-refractivity contribution in [3.8, 4) is 5.75 Å². The zero-order chi connectivity index (χ0) is 56.4. The number of amides is 1. The van der Waals surface area contributed by atoms with Gasteiger partial charge in [-0.25, -0.2) is 9.48 Å². The SMILES string of the molecule is CC[C@H]1OC(=O)[C@H](C)[C@@H](O[C@H]2C[C@@](C)(OC)[C@@H](O)[C@H](C)O2)[C@H](C)[C@@H](O[C@@H]2O[C@H](C)C[C@H](N(C)CCc3cn(C[C@H]4CN(c5ccc(OC(F)(F)F)cc5)C(=O)O4)nn3)[C@H]2O)[C@](C)(O)C[C@@H](C)CN(C)[C@H](C)[C@@H](O)[C@]1(C)O. The van der Waals surface area contributed by atoms with Gasteiger partial charge in [-0.15, -0.1) is 18.3 Å². The van der Waals surface area contributed by atoms with Gasteiger partial charge < -0.3 is 73.2 Å². The molecule has 4 aliphatic rings. The Hall–Kier alpha value is -3.79. The molecule has 5 heterocycles. The minimum absolute atomic E-state index is 0.0656. The predicted molar refractivity (Wildman–Crippen MR) is 268 cm³/mol. The Morgan fingerprint density at radius 2 is 1.59 bits per heavy atom. The number of esters is 1. The second kappa shape index (κ2) is 24.7. The van der Waals surface area contributed by atoms with Gasteiger partial charge in [-0.3, -0.25) is 9.69 Å². The molecule has 0 unspecified atom stereocenters. The fraction of sp³-hybridized carbons (Fsp3) is 0.808. The highest BCUT2D eigenvalue weighted by Gasteiger charge is 2.53. The van der Waals surface area contributed by atoms with Crippen LogP contribution in [-0.4, -0.2) is 206 Å². The lowest BCUT2D eigenvalue weighted by atomic mass is 9.77.